The van der Waals surface area contributed by atoms with Gasteiger partial charge < -0.3 is 19.7 Å². The topological polar surface area (TPSA) is 50.8 Å². The summed E-state index contributed by atoms with van der Waals surface area (Å²) in [6, 6.07) is 0.282. The first kappa shape index (κ1) is 15.4. The van der Waals surface area contributed by atoms with Gasteiger partial charge in [0.05, 0.1) is 12.5 Å². The quantitative estimate of drug-likeness (QED) is 0.644. The third-order valence-electron chi connectivity index (χ3n) is 3.50. The molecule has 0 saturated carbocycles. The summed E-state index contributed by atoms with van der Waals surface area (Å²) in [6.45, 7) is 5.72. The van der Waals surface area contributed by atoms with E-state index in [1.807, 2.05) is 4.90 Å². The summed E-state index contributed by atoms with van der Waals surface area (Å²) in [5.41, 5.74) is 0. The maximum absolute atomic E-state index is 12.4. The average molecular weight is 258 g/mol. The normalized spacial score (nSPS) is 23.3. The van der Waals surface area contributed by atoms with Gasteiger partial charge in [0.1, 0.15) is 0 Å². The SMILES string of the molecule is COCCCN(CCOC)C(=O)C1CCNC1C. The van der Waals surface area contributed by atoms with E-state index in [0.29, 0.717) is 19.8 Å². The van der Waals surface area contributed by atoms with Gasteiger partial charge in [-0.3, -0.25) is 4.79 Å². The highest BCUT2D eigenvalue weighted by Gasteiger charge is 2.32. The van der Waals surface area contributed by atoms with E-state index in [2.05, 4.69) is 12.2 Å². The summed E-state index contributed by atoms with van der Waals surface area (Å²) < 4.78 is 10.1. The Morgan fingerprint density at radius 1 is 1.28 bits per heavy atom. The summed E-state index contributed by atoms with van der Waals surface area (Å²) in [6.07, 6.45) is 1.81. The van der Waals surface area contributed by atoms with E-state index < -0.39 is 0 Å². The fourth-order valence-electron chi connectivity index (χ4n) is 2.36. The zero-order valence-corrected chi connectivity index (χ0v) is 11.8. The van der Waals surface area contributed by atoms with E-state index in [0.717, 1.165) is 25.9 Å². The highest BCUT2D eigenvalue weighted by molar-refractivity contribution is 5.79. The first-order chi connectivity index (χ1) is 8.70. The second-order valence-corrected chi connectivity index (χ2v) is 4.80. The molecule has 1 heterocycles. The lowest BCUT2D eigenvalue weighted by atomic mass is 10.0. The van der Waals surface area contributed by atoms with E-state index >= 15 is 0 Å². The van der Waals surface area contributed by atoms with Crippen molar-refractivity contribution in [3.05, 3.63) is 0 Å². The minimum absolute atomic E-state index is 0.115. The Labute approximate surface area is 110 Å². The molecule has 1 rings (SSSR count). The van der Waals surface area contributed by atoms with Crippen LogP contribution in [0.4, 0.5) is 0 Å². The molecule has 0 aromatic heterocycles. The Kier molecular flexibility index (Phi) is 7.23. The Morgan fingerprint density at radius 3 is 2.56 bits per heavy atom. The molecule has 0 spiro atoms. The molecule has 106 valence electrons. The van der Waals surface area contributed by atoms with E-state index in [9.17, 15) is 4.79 Å². The van der Waals surface area contributed by atoms with Crippen LogP contribution < -0.4 is 5.32 Å². The molecule has 0 aliphatic carbocycles. The van der Waals surface area contributed by atoms with Crippen LogP contribution in [0.15, 0.2) is 0 Å². The van der Waals surface area contributed by atoms with Crippen LogP contribution in [0, 0.1) is 5.92 Å². The molecule has 18 heavy (non-hydrogen) atoms. The van der Waals surface area contributed by atoms with Gasteiger partial charge in [0.25, 0.3) is 0 Å². The summed E-state index contributed by atoms with van der Waals surface area (Å²) in [5, 5.41) is 3.33. The lowest BCUT2D eigenvalue weighted by Gasteiger charge is -2.27. The molecule has 2 unspecified atom stereocenters. The van der Waals surface area contributed by atoms with E-state index in [1.165, 1.54) is 0 Å². The van der Waals surface area contributed by atoms with Crippen LogP contribution >= 0.6 is 0 Å². The van der Waals surface area contributed by atoms with Crippen LogP contribution in [0.5, 0.6) is 0 Å². The molecule has 5 heteroatoms. The molecule has 0 bridgehead atoms. The van der Waals surface area contributed by atoms with Crippen LogP contribution in [0.3, 0.4) is 0 Å². The first-order valence-corrected chi connectivity index (χ1v) is 6.70. The van der Waals surface area contributed by atoms with Gasteiger partial charge in [0, 0.05) is 40.0 Å². The number of hydrogen-bond donors (Lipinski definition) is 1. The lowest BCUT2D eigenvalue weighted by Crippen LogP contribution is -2.42. The fraction of sp³-hybridized carbons (Fsp3) is 0.923. The van der Waals surface area contributed by atoms with E-state index in [1.54, 1.807) is 14.2 Å². The Balaban J connectivity index is 2.48. The highest BCUT2D eigenvalue weighted by Crippen LogP contribution is 2.18. The second-order valence-electron chi connectivity index (χ2n) is 4.80. The number of ether oxygens (including phenoxy) is 2. The molecule has 1 aliphatic heterocycles. The monoisotopic (exact) mass is 258 g/mol. The zero-order valence-electron chi connectivity index (χ0n) is 11.8. The molecule has 1 N–H and O–H groups in total. The molecule has 0 aromatic rings. The van der Waals surface area contributed by atoms with E-state index in [-0.39, 0.29) is 17.9 Å². The van der Waals surface area contributed by atoms with Crippen LogP contribution in [0.25, 0.3) is 0 Å². The maximum Gasteiger partial charge on any atom is 0.227 e. The summed E-state index contributed by atoms with van der Waals surface area (Å²) in [7, 11) is 3.35. The summed E-state index contributed by atoms with van der Waals surface area (Å²) >= 11 is 0. The van der Waals surface area contributed by atoms with Crippen molar-refractivity contribution >= 4 is 5.91 Å². The van der Waals surface area contributed by atoms with Gasteiger partial charge in [-0.25, -0.2) is 0 Å². The molecule has 0 radical (unpaired) electrons. The van der Waals surface area contributed by atoms with Crippen molar-refractivity contribution in [3.63, 3.8) is 0 Å². The number of nitrogens with one attached hydrogen (secondary N) is 1. The van der Waals surface area contributed by atoms with Crippen LogP contribution in [0.2, 0.25) is 0 Å². The Hall–Kier alpha value is -0.650. The molecule has 2 atom stereocenters. The number of carbonyl (C=O) groups excluding carboxylic acids is 1. The van der Waals surface area contributed by atoms with Gasteiger partial charge in [-0.2, -0.15) is 0 Å². The van der Waals surface area contributed by atoms with Gasteiger partial charge in [-0.05, 0) is 26.3 Å². The second kappa shape index (κ2) is 8.45. The minimum atomic E-state index is 0.115. The van der Waals surface area contributed by atoms with Gasteiger partial charge in [0.15, 0.2) is 0 Å². The number of methoxy groups -OCH3 is 2. The van der Waals surface area contributed by atoms with Crippen molar-refractivity contribution in [1.29, 1.82) is 0 Å². The number of hydrogen-bond acceptors (Lipinski definition) is 4. The lowest BCUT2D eigenvalue weighted by molar-refractivity contribution is -0.136. The van der Waals surface area contributed by atoms with Gasteiger partial charge in [0.2, 0.25) is 5.91 Å². The molecule has 5 nitrogen and oxygen atoms in total. The van der Waals surface area contributed by atoms with Crippen LogP contribution in [-0.2, 0) is 14.3 Å². The van der Waals surface area contributed by atoms with Gasteiger partial charge in [-0.1, -0.05) is 0 Å². The van der Waals surface area contributed by atoms with Gasteiger partial charge >= 0.3 is 0 Å². The Bertz CT molecular complexity index is 248. The molecule has 1 fully saturated rings. The van der Waals surface area contributed by atoms with Crippen molar-refractivity contribution in [2.45, 2.75) is 25.8 Å². The first-order valence-electron chi connectivity index (χ1n) is 6.70. The average Bonchev–Trinajstić information content (AvgIpc) is 2.79. The molecule has 1 aliphatic rings. The minimum Gasteiger partial charge on any atom is -0.385 e. The van der Waals surface area contributed by atoms with E-state index in [4.69, 9.17) is 9.47 Å². The standard InChI is InChI=1S/C13H26N2O3/c1-11-12(5-6-14-11)13(16)15(8-10-18-3)7-4-9-17-2/h11-12,14H,4-10H2,1-3H3. The number of carbonyl (C=O) groups is 1. The van der Waals surface area contributed by atoms with Crippen molar-refractivity contribution in [3.8, 4) is 0 Å². The van der Waals surface area contributed by atoms with Crippen LogP contribution in [0.1, 0.15) is 19.8 Å². The summed E-state index contributed by atoms with van der Waals surface area (Å²) in [5.74, 6) is 0.366. The largest absolute Gasteiger partial charge is 0.385 e. The molecule has 0 aromatic carbocycles. The zero-order chi connectivity index (χ0) is 13.4. The number of nitrogens with zero attached hydrogens (tertiary/aromatic N) is 1. The number of rotatable bonds is 8. The van der Waals surface area contributed by atoms with Crippen molar-refractivity contribution in [2.24, 2.45) is 5.92 Å². The van der Waals surface area contributed by atoms with Crippen molar-refractivity contribution < 1.29 is 14.3 Å². The molecule has 1 saturated heterocycles. The van der Waals surface area contributed by atoms with Crippen molar-refractivity contribution in [1.82, 2.24) is 10.2 Å². The fourth-order valence-corrected chi connectivity index (χ4v) is 2.36. The van der Waals surface area contributed by atoms with Crippen molar-refractivity contribution in [2.75, 3.05) is 47.1 Å². The third-order valence-corrected chi connectivity index (χ3v) is 3.50. The third kappa shape index (κ3) is 4.55. The number of amides is 1. The molecule has 1 amide bonds. The smallest absolute Gasteiger partial charge is 0.227 e. The maximum atomic E-state index is 12.4. The molecular formula is C13H26N2O3. The summed E-state index contributed by atoms with van der Waals surface area (Å²) in [4.78, 5) is 14.4. The predicted molar refractivity (Wildman–Crippen MR) is 70.5 cm³/mol. The highest BCUT2D eigenvalue weighted by atomic mass is 16.5. The van der Waals surface area contributed by atoms with Crippen LogP contribution in [-0.4, -0.2) is 63.9 Å². The van der Waals surface area contributed by atoms with Gasteiger partial charge in [-0.15, -0.1) is 0 Å². The predicted octanol–water partition coefficient (Wildman–Crippen LogP) is 0.496. The Morgan fingerprint density at radius 2 is 2.00 bits per heavy atom. The molecular weight excluding hydrogens is 232 g/mol.